The van der Waals surface area contributed by atoms with Crippen molar-refractivity contribution in [2.75, 3.05) is 7.11 Å². The summed E-state index contributed by atoms with van der Waals surface area (Å²) in [6.45, 7) is 2.52. The van der Waals surface area contributed by atoms with E-state index in [9.17, 15) is 0 Å². The Morgan fingerprint density at radius 2 is 2.04 bits per heavy atom. The molecule has 0 spiro atoms. The number of methoxy groups -OCH3 is 1. The van der Waals surface area contributed by atoms with Crippen molar-refractivity contribution in [2.45, 2.75) is 13.5 Å². The van der Waals surface area contributed by atoms with Crippen LogP contribution in [0, 0.1) is 6.92 Å². The highest BCUT2D eigenvalue weighted by molar-refractivity contribution is 6.38. The summed E-state index contributed by atoms with van der Waals surface area (Å²) in [6, 6.07) is 15.8. The van der Waals surface area contributed by atoms with Crippen molar-refractivity contribution in [2.24, 2.45) is 15.9 Å². The number of hydrogen-bond acceptors (Lipinski definition) is 5. The van der Waals surface area contributed by atoms with E-state index in [0.717, 1.165) is 22.5 Å². The summed E-state index contributed by atoms with van der Waals surface area (Å²) in [6.07, 6.45) is 5.38. The van der Waals surface area contributed by atoms with E-state index >= 15 is 0 Å². The van der Waals surface area contributed by atoms with E-state index in [-0.39, 0.29) is 0 Å². The number of imidazole rings is 1. The average molecular weight is 347 g/mol. The molecule has 26 heavy (non-hydrogen) atoms. The van der Waals surface area contributed by atoms with Gasteiger partial charge in [0.25, 0.3) is 0 Å². The molecule has 0 aliphatic heterocycles. The van der Waals surface area contributed by atoms with Gasteiger partial charge in [-0.15, -0.1) is 0 Å². The van der Waals surface area contributed by atoms with Crippen LogP contribution in [0.1, 0.15) is 16.8 Å². The Morgan fingerprint density at radius 3 is 2.69 bits per heavy atom. The first kappa shape index (κ1) is 17.4. The van der Waals surface area contributed by atoms with Crippen LogP contribution in [0.3, 0.4) is 0 Å². The minimum Gasteiger partial charge on any atom is -0.495 e. The number of nitrogens with zero attached hydrogens (tertiary/aromatic N) is 4. The number of aliphatic imine (C=N–C) groups is 1. The first-order valence-corrected chi connectivity index (χ1v) is 8.22. The van der Waals surface area contributed by atoms with Crippen LogP contribution in [0.15, 0.2) is 71.1 Å². The monoisotopic (exact) mass is 347 g/mol. The first-order chi connectivity index (χ1) is 12.7. The van der Waals surface area contributed by atoms with Gasteiger partial charge in [-0.1, -0.05) is 36.4 Å². The zero-order valence-electron chi connectivity index (χ0n) is 14.8. The van der Waals surface area contributed by atoms with Crippen LogP contribution in [-0.4, -0.2) is 28.6 Å². The molecule has 2 N–H and O–H groups in total. The standard InChI is InChI=1S/C20H21N5O/c1-15-13-25(14-23-15)19-9-8-17(10-20(19)26-2)18(24-21)12-22-11-16-6-4-3-5-7-16/h3-10,12-14H,11,21H2,1-2H3/b22-12?,24-18+. The van der Waals surface area contributed by atoms with Crippen molar-refractivity contribution in [3.63, 3.8) is 0 Å². The number of aryl methyl sites for hydroxylation is 1. The summed E-state index contributed by atoms with van der Waals surface area (Å²) >= 11 is 0. The van der Waals surface area contributed by atoms with Crippen molar-refractivity contribution < 1.29 is 4.74 Å². The van der Waals surface area contributed by atoms with E-state index in [0.29, 0.717) is 18.0 Å². The maximum Gasteiger partial charge on any atom is 0.143 e. The lowest BCUT2D eigenvalue weighted by Gasteiger charge is -2.11. The number of rotatable bonds is 6. The molecule has 3 rings (SSSR count). The second-order valence-electron chi connectivity index (χ2n) is 5.78. The van der Waals surface area contributed by atoms with Crippen LogP contribution >= 0.6 is 0 Å². The number of ether oxygens (including phenoxy) is 1. The van der Waals surface area contributed by atoms with Gasteiger partial charge in [-0.25, -0.2) is 4.98 Å². The van der Waals surface area contributed by atoms with Gasteiger partial charge in [0.15, 0.2) is 0 Å². The molecule has 0 aliphatic rings. The second-order valence-corrected chi connectivity index (χ2v) is 5.78. The van der Waals surface area contributed by atoms with Crippen molar-refractivity contribution in [1.82, 2.24) is 9.55 Å². The van der Waals surface area contributed by atoms with Gasteiger partial charge in [0.1, 0.15) is 11.5 Å². The zero-order valence-corrected chi connectivity index (χ0v) is 14.8. The molecule has 0 saturated heterocycles. The lowest BCUT2D eigenvalue weighted by atomic mass is 10.1. The molecule has 0 saturated carbocycles. The fraction of sp³-hybridized carbons (Fsp3) is 0.150. The van der Waals surface area contributed by atoms with Gasteiger partial charge in [0, 0.05) is 18.0 Å². The first-order valence-electron chi connectivity index (χ1n) is 8.22. The molecule has 6 heteroatoms. The highest BCUT2D eigenvalue weighted by Crippen LogP contribution is 2.24. The molecule has 0 radical (unpaired) electrons. The van der Waals surface area contributed by atoms with E-state index in [1.54, 1.807) is 19.7 Å². The topological polar surface area (TPSA) is 77.8 Å². The number of hydrogen-bond donors (Lipinski definition) is 1. The van der Waals surface area contributed by atoms with E-state index in [4.69, 9.17) is 10.6 Å². The van der Waals surface area contributed by atoms with Crippen LogP contribution in [0.4, 0.5) is 0 Å². The molecule has 1 aromatic heterocycles. The summed E-state index contributed by atoms with van der Waals surface area (Å²) in [5, 5.41) is 3.86. The summed E-state index contributed by atoms with van der Waals surface area (Å²) in [5.41, 5.74) is 4.39. The largest absolute Gasteiger partial charge is 0.495 e. The Hall–Kier alpha value is -3.41. The third-order valence-corrected chi connectivity index (χ3v) is 3.93. The molecule has 0 aliphatic carbocycles. The van der Waals surface area contributed by atoms with Gasteiger partial charge >= 0.3 is 0 Å². The predicted octanol–water partition coefficient (Wildman–Crippen LogP) is 3.12. The second kappa shape index (κ2) is 8.11. The Balaban J connectivity index is 1.82. The number of benzene rings is 2. The van der Waals surface area contributed by atoms with E-state index in [2.05, 4.69) is 15.1 Å². The molecule has 6 nitrogen and oxygen atoms in total. The molecule has 132 valence electrons. The van der Waals surface area contributed by atoms with Gasteiger partial charge in [-0.2, -0.15) is 5.10 Å². The van der Waals surface area contributed by atoms with Crippen LogP contribution in [0.2, 0.25) is 0 Å². The molecule has 0 atom stereocenters. The summed E-state index contributed by atoms with van der Waals surface area (Å²) in [5.74, 6) is 6.28. The number of aromatic nitrogens is 2. The highest BCUT2D eigenvalue weighted by atomic mass is 16.5. The van der Waals surface area contributed by atoms with Gasteiger partial charge in [0.05, 0.1) is 31.4 Å². The maximum absolute atomic E-state index is 5.57. The van der Waals surface area contributed by atoms with Gasteiger partial charge < -0.3 is 15.1 Å². The SMILES string of the molecule is COc1cc(/C(C=NCc2ccccc2)=N/N)ccc1-n1cnc(C)c1. The molecular weight excluding hydrogens is 326 g/mol. The maximum atomic E-state index is 5.57. The molecule has 2 aromatic carbocycles. The summed E-state index contributed by atoms with van der Waals surface area (Å²) in [4.78, 5) is 8.69. The molecule has 0 amide bonds. The van der Waals surface area contributed by atoms with Crippen molar-refractivity contribution in [3.05, 3.63) is 77.9 Å². The molecule has 3 aromatic rings. The van der Waals surface area contributed by atoms with Crippen LogP contribution in [0.25, 0.3) is 5.69 Å². The minimum atomic E-state index is 0.573. The smallest absolute Gasteiger partial charge is 0.143 e. The zero-order chi connectivity index (χ0) is 18.4. The van der Waals surface area contributed by atoms with Crippen molar-refractivity contribution in [1.29, 1.82) is 0 Å². The normalized spacial score (nSPS) is 11.8. The van der Waals surface area contributed by atoms with E-state index in [1.165, 1.54) is 0 Å². The van der Waals surface area contributed by atoms with Crippen LogP contribution in [-0.2, 0) is 6.54 Å². The fourth-order valence-corrected chi connectivity index (χ4v) is 2.61. The molecule has 0 bridgehead atoms. The molecular formula is C20H21N5O. The molecule has 0 fully saturated rings. The quantitative estimate of drug-likeness (QED) is 0.423. The Kier molecular flexibility index (Phi) is 5.43. The van der Waals surface area contributed by atoms with E-state index in [1.807, 2.05) is 66.2 Å². The Labute approximate surface area is 152 Å². The van der Waals surface area contributed by atoms with Crippen molar-refractivity contribution >= 4 is 11.9 Å². The summed E-state index contributed by atoms with van der Waals surface area (Å²) in [7, 11) is 1.63. The molecule has 0 unspecified atom stereocenters. The summed E-state index contributed by atoms with van der Waals surface area (Å²) < 4.78 is 7.45. The lowest BCUT2D eigenvalue weighted by molar-refractivity contribution is 0.413. The van der Waals surface area contributed by atoms with Gasteiger partial charge in [-0.05, 0) is 24.6 Å². The van der Waals surface area contributed by atoms with E-state index < -0.39 is 0 Å². The average Bonchev–Trinajstić information content (AvgIpc) is 3.12. The third-order valence-electron chi connectivity index (χ3n) is 3.93. The van der Waals surface area contributed by atoms with Crippen molar-refractivity contribution in [3.8, 4) is 11.4 Å². The third kappa shape index (κ3) is 3.97. The van der Waals surface area contributed by atoms with Gasteiger partial charge in [0.2, 0.25) is 0 Å². The molecule has 1 heterocycles. The Bertz CT molecular complexity index is 928. The Morgan fingerprint density at radius 1 is 1.23 bits per heavy atom. The number of hydrazone groups is 1. The lowest BCUT2D eigenvalue weighted by Crippen LogP contribution is -2.07. The van der Waals surface area contributed by atoms with Crippen LogP contribution < -0.4 is 10.6 Å². The van der Waals surface area contributed by atoms with Crippen LogP contribution in [0.5, 0.6) is 5.75 Å². The minimum absolute atomic E-state index is 0.573. The van der Waals surface area contributed by atoms with Gasteiger partial charge in [-0.3, -0.25) is 4.99 Å². The number of nitrogens with two attached hydrogens (primary N) is 1. The fourth-order valence-electron chi connectivity index (χ4n) is 2.61. The predicted molar refractivity (Wildman–Crippen MR) is 104 cm³/mol. The highest BCUT2D eigenvalue weighted by Gasteiger charge is 2.10.